The van der Waals surface area contributed by atoms with Crippen LogP contribution in [0.3, 0.4) is 0 Å². The monoisotopic (exact) mass is 1150 g/mol. The molecule has 0 aliphatic carbocycles. The molecule has 0 heterocycles. The fraction of sp³-hybridized carbons (Fsp3) is 0.796. The van der Waals surface area contributed by atoms with E-state index in [9.17, 15) is 68.1 Å². The number of hydrogen-bond acceptors (Lipinski definition) is 17. The van der Waals surface area contributed by atoms with Crippen molar-refractivity contribution in [2.24, 2.45) is 5.92 Å². The second kappa shape index (κ2) is 50.3. The van der Waals surface area contributed by atoms with Gasteiger partial charge in [-0.3, -0.25) is 43.2 Å². The van der Waals surface area contributed by atoms with Gasteiger partial charge in [0.25, 0.3) is 0 Å². The zero-order chi connectivity index (χ0) is 59.6. The smallest absolute Gasteiger partial charge is 0.326 e. The Morgan fingerprint density at radius 1 is 0.388 bits per heavy atom. The fourth-order valence-electron chi connectivity index (χ4n) is 8.08. The molecule has 0 bridgehead atoms. The number of aliphatic hydroxyl groups is 1. The number of Topliss-reactive ketones (excluding diaryl/α,β-unsaturated/α-hetero) is 2. The van der Waals surface area contributed by atoms with Crippen LogP contribution in [0, 0.1) is 5.92 Å². The summed E-state index contributed by atoms with van der Waals surface area (Å²) in [5.41, 5.74) is 0. The minimum Gasteiger partial charge on any atom is -0.481 e. The molecule has 460 valence electrons. The normalized spacial score (nSPS) is 12.6. The number of rotatable bonds is 57. The summed E-state index contributed by atoms with van der Waals surface area (Å²) >= 11 is 0. The molecule has 0 spiro atoms. The number of aliphatic hydroxyl groups excluding tert-OH is 1. The van der Waals surface area contributed by atoms with Crippen molar-refractivity contribution in [3.8, 4) is 0 Å². The van der Waals surface area contributed by atoms with E-state index in [1.807, 2.05) is 0 Å². The maximum absolute atomic E-state index is 12.6. The van der Waals surface area contributed by atoms with Gasteiger partial charge in [-0.1, -0.05) is 77.0 Å². The number of ketones is 2. The van der Waals surface area contributed by atoms with E-state index in [4.69, 9.17) is 29.2 Å². The molecule has 4 atom stereocenters. The van der Waals surface area contributed by atoms with Crippen LogP contribution < -0.4 is 31.9 Å². The van der Waals surface area contributed by atoms with E-state index >= 15 is 0 Å². The van der Waals surface area contributed by atoms with Crippen LogP contribution in [0.2, 0.25) is 0 Å². The van der Waals surface area contributed by atoms with Crippen molar-refractivity contribution in [1.29, 1.82) is 0 Å². The summed E-state index contributed by atoms with van der Waals surface area (Å²) < 4.78 is 21.2. The highest BCUT2D eigenvalue weighted by Gasteiger charge is 2.26. The van der Waals surface area contributed by atoms with Gasteiger partial charge in [0.2, 0.25) is 29.5 Å². The second-order valence-corrected chi connectivity index (χ2v) is 19.5. The number of carboxylic acids is 4. The average Bonchev–Trinajstić information content (AvgIpc) is 3.41. The Hall–Kier alpha value is -5.67. The maximum Gasteiger partial charge on any atom is 0.326 e. The molecule has 0 unspecified atom stereocenters. The molecule has 0 rings (SSSR count). The van der Waals surface area contributed by atoms with Crippen molar-refractivity contribution < 1.29 is 97.2 Å². The zero-order valence-electron chi connectivity index (χ0n) is 47.0. The van der Waals surface area contributed by atoms with Gasteiger partial charge in [0.1, 0.15) is 37.7 Å². The molecule has 11 N–H and O–H groups in total. The van der Waals surface area contributed by atoms with E-state index in [1.54, 1.807) is 7.05 Å². The van der Waals surface area contributed by atoms with Gasteiger partial charge in [-0.15, -0.1) is 0 Å². The molecule has 0 aromatic carbocycles. The fourth-order valence-corrected chi connectivity index (χ4v) is 8.08. The van der Waals surface area contributed by atoms with Crippen LogP contribution in [0.4, 0.5) is 0 Å². The first-order chi connectivity index (χ1) is 38.4. The van der Waals surface area contributed by atoms with Gasteiger partial charge in [-0.05, 0) is 58.4 Å². The Morgan fingerprint density at radius 3 is 1.31 bits per heavy atom. The third-order valence-corrected chi connectivity index (χ3v) is 12.7. The number of likely N-dealkylation sites (N-methyl/N-ethyl adjacent to an activating group) is 1. The molecule has 5 amide bonds. The Morgan fingerprint density at radius 2 is 0.825 bits per heavy atom. The highest BCUT2D eigenvalue weighted by atomic mass is 16.5. The molecule has 0 aromatic rings. The van der Waals surface area contributed by atoms with Gasteiger partial charge in [-0.2, -0.15) is 0 Å². The lowest BCUT2D eigenvalue weighted by atomic mass is 9.94. The number of aliphatic carboxylic acids is 4. The first kappa shape index (κ1) is 74.3. The molecule has 0 radical (unpaired) electrons. The molecular formula is C54H94N6O20. The molecule has 0 aliphatic rings. The third kappa shape index (κ3) is 45.1. The first-order valence-electron chi connectivity index (χ1n) is 28.3. The number of ether oxygens (including phenoxy) is 4. The minimum atomic E-state index is -1.45. The van der Waals surface area contributed by atoms with E-state index in [1.165, 1.54) is 32.1 Å². The lowest BCUT2D eigenvalue weighted by Gasteiger charge is -2.16. The van der Waals surface area contributed by atoms with Gasteiger partial charge >= 0.3 is 23.9 Å². The Balaban J connectivity index is 3.98. The van der Waals surface area contributed by atoms with E-state index < -0.39 is 97.0 Å². The van der Waals surface area contributed by atoms with Gasteiger partial charge in [0.15, 0.2) is 5.78 Å². The van der Waals surface area contributed by atoms with Gasteiger partial charge < -0.3 is 76.4 Å². The lowest BCUT2D eigenvalue weighted by molar-refractivity contribution is -0.145. The third-order valence-electron chi connectivity index (χ3n) is 12.7. The molecule has 80 heavy (non-hydrogen) atoms. The number of carbonyl (C=O) groups excluding carboxylic acids is 7. The lowest BCUT2D eigenvalue weighted by Crippen LogP contribution is -2.43. The van der Waals surface area contributed by atoms with Crippen molar-refractivity contribution >= 4 is 65.0 Å². The van der Waals surface area contributed by atoms with E-state index in [0.29, 0.717) is 32.2 Å². The van der Waals surface area contributed by atoms with Gasteiger partial charge in [0.05, 0.1) is 51.6 Å². The Bertz CT molecular complexity index is 1810. The number of nitrogens with one attached hydrogen (secondary N) is 6. The number of carbonyl (C=O) groups is 11. The topological polar surface area (TPSA) is 398 Å². The van der Waals surface area contributed by atoms with Crippen LogP contribution in [0.5, 0.6) is 0 Å². The average molecular weight is 1150 g/mol. The predicted octanol–water partition coefficient (Wildman–Crippen LogP) is 2.19. The maximum atomic E-state index is 12.6. The second-order valence-electron chi connectivity index (χ2n) is 19.5. The van der Waals surface area contributed by atoms with E-state index in [2.05, 4.69) is 31.9 Å². The number of hydrogen-bond donors (Lipinski definition) is 11. The summed E-state index contributed by atoms with van der Waals surface area (Å²) in [5, 5.41) is 61.8. The highest BCUT2D eigenvalue weighted by molar-refractivity contribution is 5.87. The quantitative estimate of drug-likeness (QED) is 0.0389. The summed E-state index contributed by atoms with van der Waals surface area (Å²) in [4.78, 5) is 131. The molecule has 0 aromatic heterocycles. The largest absolute Gasteiger partial charge is 0.481 e. The van der Waals surface area contributed by atoms with Crippen LogP contribution in [-0.4, -0.2) is 195 Å². The van der Waals surface area contributed by atoms with Crippen molar-refractivity contribution in [3.05, 3.63) is 0 Å². The van der Waals surface area contributed by atoms with Crippen LogP contribution in [0.25, 0.3) is 0 Å². The summed E-state index contributed by atoms with van der Waals surface area (Å²) in [5.74, 6) is -9.06. The van der Waals surface area contributed by atoms with Crippen molar-refractivity contribution in [3.63, 3.8) is 0 Å². The number of carboxylic acid groups (broad SMARTS) is 4. The van der Waals surface area contributed by atoms with Crippen molar-refractivity contribution in [2.45, 2.75) is 185 Å². The summed E-state index contributed by atoms with van der Waals surface area (Å²) in [6.45, 7) is -0.267. The standard InChI is InChI=1S/C54H94N6O20/c1-55-42(45(63)37-61)18-16-17-27-56-46(64)25-21-40(52(71)72)36-41(62)22-23-43(53(73)74)60-50(68)39-80-35-33-78-31-29-58-49(67)38-79-34-32-77-30-28-57-47(65)26-24-44(54(75)76)59-48(66)19-14-12-10-8-6-4-2-3-5-7-9-11-13-15-20-51(69)70/h40,42-44,55,61H,2-39H2,1H3,(H,56,64)(H,57,65)(H,58,67)(H,59,66)(H,60,68)(H,69,70)(H,71,72)(H,73,74)(H,75,76)/t40-,42+,43+,44+/m1/s1. The van der Waals surface area contributed by atoms with Gasteiger partial charge in [-0.25, -0.2) is 9.59 Å². The molecule has 0 aliphatic heterocycles. The van der Waals surface area contributed by atoms with Crippen LogP contribution in [0.15, 0.2) is 0 Å². The highest BCUT2D eigenvalue weighted by Crippen LogP contribution is 2.16. The molecule has 0 saturated carbocycles. The molecule has 26 nitrogen and oxygen atoms in total. The van der Waals surface area contributed by atoms with Crippen LogP contribution in [0.1, 0.15) is 167 Å². The van der Waals surface area contributed by atoms with Crippen molar-refractivity contribution in [1.82, 2.24) is 31.9 Å². The Kier molecular flexibility index (Phi) is 46.7. The molecule has 0 saturated heterocycles. The summed E-state index contributed by atoms with van der Waals surface area (Å²) in [7, 11) is 1.60. The number of unbranched alkanes of at least 4 members (excludes halogenated alkanes) is 14. The molecule has 26 heteroatoms. The Labute approximate surface area is 470 Å². The zero-order valence-corrected chi connectivity index (χ0v) is 47.0. The van der Waals surface area contributed by atoms with Crippen LogP contribution in [-0.2, 0) is 71.7 Å². The first-order valence-corrected chi connectivity index (χ1v) is 28.3. The minimum absolute atomic E-state index is 0.0399. The summed E-state index contributed by atoms with van der Waals surface area (Å²) in [6, 6.07) is -3.12. The molecular weight excluding hydrogens is 1050 g/mol. The summed E-state index contributed by atoms with van der Waals surface area (Å²) in [6.07, 6.45) is 15.3. The number of amides is 5. The van der Waals surface area contributed by atoms with E-state index in [0.717, 1.165) is 51.4 Å². The van der Waals surface area contributed by atoms with Crippen LogP contribution >= 0.6 is 0 Å². The van der Waals surface area contributed by atoms with Crippen molar-refractivity contribution in [2.75, 3.05) is 86.1 Å². The predicted molar refractivity (Wildman–Crippen MR) is 290 cm³/mol. The van der Waals surface area contributed by atoms with E-state index in [-0.39, 0.29) is 122 Å². The van der Waals surface area contributed by atoms with Gasteiger partial charge in [0, 0.05) is 58.2 Å². The SMILES string of the molecule is CN[C@@H](CCCCNC(=O)CC[C@H](CC(=O)CC[C@H](NC(=O)COCCOCCNC(=O)COCCOCCNC(=O)CC[C@H](NC(=O)CCCCCCCCCCCCCCCCC(=O)O)C(=O)O)C(=O)O)C(=O)O)C(=O)CO. The molecule has 0 fully saturated rings.